The zero-order valence-electron chi connectivity index (χ0n) is 17.6. The number of pyridine rings is 2. The lowest BCUT2D eigenvalue weighted by molar-refractivity contribution is 0.0984. The summed E-state index contributed by atoms with van der Waals surface area (Å²) >= 11 is 5.95. The first kappa shape index (κ1) is 21.5. The number of anilines is 4. The van der Waals surface area contributed by atoms with E-state index in [0.717, 1.165) is 17.3 Å². The Bertz CT molecular complexity index is 1390. The molecule has 3 heterocycles. The predicted octanol–water partition coefficient (Wildman–Crippen LogP) is 5.43. The minimum Gasteiger partial charge on any atom is -0.338 e. The summed E-state index contributed by atoms with van der Waals surface area (Å²) in [6.07, 6.45) is 3.02. The van der Waals surface area contributed by atoms with Crippen LogP contribution in [0.1, 0.15) is 26.3 Å². The lowest BCUT2D eigenvalue weighted by Gasteiger charge is -2.22. The third kappa shape index (κ3) is 4.06. The number of hydrogen-bond donors (Lipinski definition) is 2. The van der Waals surface area contributed by atoms with Crippen molar-refractivity contribution in [2.24, 2.45) is 0 Å². The second-order valence-corrected chi connectivity index (χ2v) is 7.93. The summed E-state index contributed by atoms with van der Waals surface area (Å²) in [4.78, 5) is 36.1. The molecule has 7 nitrogen and oxygen atoms in total. The monoisotopic (exact) mass is 473 g/mol. The SMILES string of the molecule is O=C(Nc1ccc(C(=O)N2Cc3ccccc3Nc3ncccc32)cn1)c1c(F)cccc1Cl. The first-order valence-electron chi connectivity index (χ1n) is 10.3. The summed E-state index contributed by atoms with van der Waals surface area (Å²) in [7, 11) is 0. The van der Waals surface area contributed by atoms with Crippen molar-refractivity contribution in [1.82, 2.24) is 9.97 Å². The molecule has 0 aliphatic carbocycles. The highest BCUT2D eigenvalue weighted by Crippen LogP contribution is 2.34. The van der Waals surface area contributed by atoms with Gasteiger partial charge in [0.1, 0.15) is 11.6 Å². The molecule has 4 aromatic rings. The van der Waals surface area contributed by atoms with Crippen LogP contribution in [0.25, 0.3) is 0 Å². The number of benzene rings is 2. The summed E-state index contributed by atoms with van der Waals surface area (Å²) in [6, 6.07) is 18.3. The Labute approximate surface area is 199 Å². The molecule has 2 aromatic carbocycles. The topological polar surface area (TPSA) is 87.2 Å². The Hall–Kier alpha value is -4.30. The van der Waals surface area contributed by atoms with Gasteiger partial charge >= 0.3 is 0 Å². The molecule has 0 saturated carbocycles. The molecule has 0 atom stereocenters. The number of amides is 2. The number of carbonyl (C=O) groups excluding carboxylic acids is 2. The molecule has 0 radical (unpaired) electrons. The molecule has 2 amide bonds. The van der Waals surface area contributed by atoms with Gasteiger partial charge in [-0.1, -0.05) is 35.9 Å². The molecule has 1 aliphatic rings. The van der Waals surface area contributed by atoms with E-state index in [2.05, 4.69) is 20.6 Å². The third-order valence-corrected chi connectivity index (χ3v) is 5.68. The molecule has 1 aliphatic heterocycles. The largest absolute Gasteiger partial charge is 0.338 e. The number of nitrogens with one attached hydrogen (secondary N) is 2. The summed E-state index contributed by atoms with van der Waals surface area (Å²) in [6.45, 7) is 0.338. The fourth-order valence-corrected chi connectivity index (χ4v) is 3.95. The number of nitrogens with zero attached hydrogens (tertiary/aromatic N) is 3. The quantitative estimate of drug-likeness (QED) is 0.414. The lowest BCUT2D eigenvalue weighted by Crippen LogP contribution is -2.30. The van der Waals surface area contributed by atoms with Crippen molar-refractivity contribution in [2.75, 3.05) is 15.5 Å². The molecule has 0 spiro atoms. The van der Waals surface area contributed by atoms with E-state index in [0.29, 0.717) is 23.6 Å². The van der Waals surface area contributed by atoms with Crippen LogP contribution in [-0.4, -0.2) is 21.8 Å². The highest BCUT2D eigenvalue weighted by Gasteiger charge is 2.26. The van der Waals surface area contributed by atoms with E-state index in [1.165, 1.54) is 24.4 Å². The van der Waals surface area contributed by atoms with Gasteiger partial charge in [0.25, 0.3) is 11.8 Å². The molecule has 34 heavy (non-hydrogen) atoms. The van der Waals surface area contributed by atoms with E-state index < -0.39 is 11.7 Å². The van der Waals surface area contributed by atoms with Crippen LogP contribution in [0.15, 0.2) is 79.1 Å². The Morgan fingerprint density at radius 2 is 1.85 bits per heavy atom. The van der Waals surface area contributed by atoms with Crippen molar-refractivity contribution in [1.29, 1.82) is 0 Å². The molecular weight excluding hydrogens is 457 g/mol. The molecule has 5 rings (SSSR count). The van der Waals surface area contributed by atoms with Gasteiger partial charge in [0.05, 0.1) is 28.4 Å². The number of para-hydroxylation sites is 1. The van der Waals surface area contributed by atoms with E-state index in [1.54, 1.807) is 23.2 Å². The standard InChI is InChI=1S/C25H17ClFN5O2/c26-17-6-3-7-18(27)22(17)24(33)31-21-11-10-15(13-29-21)25(34)32-14-16-5-1-2-8-19(16)30-23-20(32)9-4-12-28-23/h1-13H,14H2,(H,28,30)(H,29,31,33). The van der Waals surface area contributed by atoms with Gasteiger partial charge in [0.15, 0.2) is 5.82 Å². The van der Waals surface area contributed by atoms with Crippen molar-refractivity contribution in [2.45, 2.75) is 6.54 Å². The van der Waals surface area contributed by atoms with Crippen LogP contribution in [0.4, 0.5) is 27.4 Å². The average molecular weight is 474 g/mol. The van der Waals surface area contributed by atoms with E-state index in [-0.39, 0.29) is 22.3 Å². The maximum Gasteiger partial charge on any atom is 0.261 e. The number of aromatic nitrogens is 2. The zero-order valence-corrected chi connectivity index (χ0v) is 18.4. The van der Waals surface area contributed by atoms with Crippen LogP contribution in [0.3, 0.4) is 0 Å². The van der Waals surface area contributed by atoms with Crippen LogP contribution in [-0.2, 0) is 6.54 Å². The first-order valence-corrected chi connectivity index (χ1v) is 10.7. The van der Waals surface area contributed by atoms with Crippen molar-refractivity contribution in [3.05, 3.63) is 107 Å². The Morgan fingerprint density at radius 3 is 2.65 bits per heavy atom. The molecule has 0 fully saturated rings. The van der Waals surface area contributed by atoms with Crippen LogP contribution in [0, 0.1) is 5.82 Å². The number of fused-ring (bicyclic) bond motifs is 2. The average Bonchev–Trinajstić information content (AvgIpc) is 3.01. The third-order valence-electron chi connectivity index (χ3n) is 5.36. The lowest BCUT2D eigenvalue weighted by atomic mass is 10.1. The summed E-state index contributed by atoms with van der Waals surface area (Å²) < 4.78 is 14.0. The van der Waals surface area contributed by atoms with Gasteiger partial charge < -0.3 is 15.5 Å². The van der Waals surface area contributed by atoms with E-state index in [4.69, 9.17) is 11.6 Å². The van der Waals surface area contributed by atoms with Gasteiger partial charge in [-0.15, -0.1) is 0 Å². The molecule has 0 bridgehead atoms. The second-order valence-electron chi connectivity index (χ2n) is 7.53. The molecule has 9 heteroatoms. The second kappa shape index (κ2) is 8.92. The van der Waals surface area contributed by atoms with Crippen LogP contribution >= 0.6 is 11.6 Å². The minimum absolute atomic E-state index is 0.00775. The van der Waals surface area contributed by atoms with Crippen LogP contribution < -0.4 is 15.5 Å². The highest BCUT2D eigenvalue weighted by atomic mass is 35.5. The maximum absolute atomic E-state index is 14.0. The van der Waals surface area contributed by atoms with E-state index in [1.807, 2.05) is 30.3 Å². The molecule has 0 saturated heterocycles. The van der Waals surface area contributed by atoms with Gasteiger partial charge in [0.2, 0.25) is 0 Å². The number of halogens is 2. The summed E-state index contributed by atoms with van der Waals surface area (Å²) in [5.74, 6) is -1.02. The fraction of sp³-hybridized carbons (Fsp3) is 0.0400. The number of rotatable bonds is 3. The van der Waals surface area contributed by atoms with Gasteiger partial charge in [-0.05, 0) is 48.0 Å². The molecular formula is C25H17ClFN5O2. The van der Waals surface area contributed by atoms with Crippen LogP contribution in [0.5, 0.6) is 0 Å². The fourth-order valence-electron chi connectivity index (χ4n) is 3.70. The van der Waals surface area contributed by atoms with E-state index in [9.17, 15) is 14.0 Å². The Kier molecular flexibility index (Phi) is 5.65. The maximum atomic E-state index is 14.0. The van der Waals surface area contributed by atoms with Crippen molar-refractivity contribution < 1.29 is 14.0 Å². The van der Waals surface area contributed by atoms with Gasteiger partial charge in [0, 0.05) is 18.1 Å². The van der Waals surface area contributed by atoms with Gasteiger partial charge in [-0.25, -0.2) is 14.4 Å². The summed E-state index contributed by atoms with van der Waals surface area (Å²) in [5, 5.41) is 5.78. The van der Waals surface area contributed by atoms with Crippen molar-refractivity contribution >= 4 is 46.4 Å². The van der Waals surface area contributed by atoms with Crippen molar-refractivity contribution in [3.8, 4) is 0 Å². The van der Waals surface area contributed by atoms with Gasteiger partial charge in [-0.2, -0.15) is 0 Å². The number of carbonyl (C=O) groups is 2. The van der Waals surface area contributed by atoms with Crippen LogP contribution in [0.2, 0.25) is 5.02 Å². The zero-order chi connectivity index (χ0) is 23.7. The highest BCUT2D eigenvalue weighted by molar-refractivity contribution is 6.34. The smallest absolute Gasteiger partial charge is 0.261 e. The predicted molar refractivity (Wildman–Crippen MR) is 128 cm³/mol. The minimum atomic E-state index is -0.737. The van der Waals surface area contributed by atoms with Crippen molar-refractivity contribution in [3.63, 3.8) is 0 Å². The molecule has 168 valence electrons. The summed E-state index contributed by atoms with van der Waals surface area (Å²) in [5.41, 5.74) is 2.49. The van der Waals surface area contributed by atoms with Gasteiger partial charge in [-0.3, -0.25) is 9.59 Å². The number of hydrogen-bond acceptors (Lipinski definition) is 5. The Balaban J connectivity index is 1.40. The molecule has 2 aromatic heterocycles. The first-order chi connectivity index (χ1) is 16.5. The van der Waals surface area contributed by atoms with E-state index >= 15 is 0 Å². The normalized spacial score (nSPS) is 12.1. The Morgan fingerprint density at radius 1 is 1.00 bits per heavy atom. The molecule has 0 unspecified atom stereocenters. The molecule has 2 N–H and O–H groups in total.